The first kappa shape index (κ1) is 42.0. The molecule has 6 nitrogen and oxygen atoms in total. The molecule has 0 aromatic heterocycles. The molecular weight excluding hydrogens is 1120 g/mol. The summed E-state index contributed by atoms with van der Waals surface area (Å²) in [5.74, 6) is 0. The van der Waals surface area contributed by atoms with Crippen molar-refractivity contribution in [2.75, 3.05) is 78.5 Å². The monoisotopic (exact) mass is 1170 g/mol. The van der Waals surface area contributed by atoms with Gasteiger partial charge in [0.15, 0.2) is 0 Å². The van der Waals surface area contributed by atoms with E-state index in [1.165, 1.54) is 77.8 Å². The predicted octanol–water partition coefficient (Wildman–Crippen LogP) is 2.37. The molecule has 9 heteroatoms. The Labute approximate surface area is 295 Å². The van der Waals surface area contributed by atoms with Crippen LogP contribution in [0.15, 0.2) is 0 Å². The van der Waals surface area contributed by atoms with Crippen molar-refractivity contribution in [1.29, 1.82) is 0 Å². The van der Waals surface area contributed by atoms with Crippen LogP contribution in [0.5, 0.6) is 0 Å². The third-order valence-corrected chi connectivity index (χ3v) is 6.13. The number of hydrogen-bond donors (Lipinski definition) is 0. The molecule has 3 aliphatic rings. The molecule has 3 heterocycles. The van der Waals surface area contributed by atoms with Gasteiger partial charge in [0.2, 0.25) is 19.0 Å². The Balaban J connectivity index is -0.000000436. The smallest absolute Gasteiger partial charge is 0.327 e. The van der Waals surface area contributed by atoms with Crippen LogP contribution in [-0.2, 0) is 0 Å². The van der Waals surface area contributed by atoms with Crippen LogP contribution in [0, 0.1) is 135 Å². The zero-order chi connectivity index (χ0) is 24.3. The fourth-order valence-electron chi connectivity index (χ4n) is 3.95. The average Bonchev–Trinajstić information content (AvgIpc) is 3.64. The van der Waals surface area contributed by atoms with E-state index in [4.69, 9.17) is 0 Å². The van der Waals surface area contributed by atoms with E-state index in [1.54, 1.807) is 0 Å². The fourth-order valence-corrected chi connectivity index (χ4v) is 3.95. The molecule has 0 aliphatic carbocycles. The maximum atomic E-state index is 3.83. The normalized spacial score (nSPS) is 15.7. The molecule has 3 aliphatic heterocycles. The summed E-state index contributed by atoms with van der Waals surface area (Å²) >= 11 is 0. The Kier molecular flexibility index (Phi) is 32.8. The average molecular weight is 1170 g/mol. The van der Waals surface area contributed by atoms with Gasteiger partial charge in [0.05, 0.1) is 39.3 Å². The van der Waals surface area contributed by atoms with Gasteiger partial charge in [-0.15, -0.1) is 0 Å². The third kappa shape index (κ3) is 19.6. The Morgan fingerprint density at radius 2 is 1.03 bits per heavy atom. The molecule has 0 bridgehead atoms. The van der Waals surface area contributed by atoms with Gasteiger partial charge in [-0.2, -0.15) is 0 Å². The minimum Gasteiger partial charge on any atom is -0.327 e. The van der Waals surface area contributed by atoms with E-state index in [0.717, 1.165) is 39.3 Å². The van der Waals surface area contributed by atoms with Crippen molar-refractivity contribution >= 4 is 19.0 Å². The van der Waals surface area contributed by atoms with Crippen molar-refractivity contribution in [3.05, 3.63) is 41.5 Å². The van der Waals surface area contributed by atoms with E-state index < -0.39 is 0 Å². The first-order chi connectivity index (χ1) is 16.1. The van der Waals surface area contributed by atoms with Gasteiger partial charge < -0.3 is 55.9 Å². The van der Waals surface area contributed by atoms with Crippen LogP contribution >= 0.6 is 0 Å². The number of rotatable bonds is 9. The van der Waals surface area contributed by atoms with Gasteiger partial charge in [0.1, 0.15) is 0 Å². The van der Waals surface area contributed by atoms with E-state index in [1.807, 2.05) is 15.8 Å². The molecule has 0 N–H and O–H groups in total. The van der Waals surface area contributed by atoms with Crippen LogP contribution in [0.4, 0.5) is 0 Å². The number of likely N-dealkylation sites (tertiary alicyclic amines) is 1. The topological polar surface area (TPSA) is 18.8 Å². The van der Waals surface area contributed by atoms with Crippen LogP contribution in [-0.4, -0.2) is 126 Å². The molecular formula is C27H51N6U3+3. The van der Waals surface area contributed by atoms with Crippen LogP contribution in [0.25, 0.3) is 0 Å². The van der Waals surface area contributed by atoms with E-state index in [9.17, 15) is 0 Å². The Hall–Kier alpha value is 1.57. The summed E-state index contributed by atoms with van der Waals surface area (Å²) < 4.78 is 6.82. The zero-order valence-corrected chi connectivity index (χ0v) is 35.4. The Bertz CT molecular complexity index is 520. The molecule has 0 saturated carbocycles. The maximum Gasteiger partial charge on any atom is 2.00 e. The largest absolute Gasteiger partial charge is 2.00 e. The van der Waals surface area contributed by atoms with Gasteiger partial charge in [0.25, 0.3) is 0 Å². The van der Waals surface area contributed by atoms with E-state index in [-0.39, 0.29) is 93.3 Å². The molecule has 0 unspecified atom stereocenters. The van der Waals surface area contributed by atoms with Crippen molar-refractivity contribution < 1.29 is 107 Å². The fraction of sp³-hybridized carbons (Fsp3) is 0.667. The molecule has 0 radical (unpaired) electrons. The second kappa shape index (κ2) is 28.1. The zero-order valence-electron chi connectivity index (χ0n) is 22.9. The van der Waals surface area contributed by atoms with E-state index >= 15 is 0 Å². The van der Waals surface area contributed by atoms with Gasteiger partial charge in [-0.05, 0) is 77.8 Å². The van der Waals surface area contributed by atoms with Crippen molar-refractivity contribution in [3.63, 3.8) is 0 Å². The van der Waals surface area contributed by atoms with Gasteiger partial charge in [0, 0.05) is 0 Å². The molecule has 0 amide bonds. The van der Waals surface area contributed by atoms with Crippen LogP contribution < -0.4 is 0 Å². The molecule has 0 aromatic rings. The van der Waals surface area contributed by atoms with Crippen LogP contribution in [0.2, 0.25) is 0 Å². The van der Waals surface area contributed by atoms with Gasteiger partial charge in [-0.25, -0.2) is 0 Å². The van der Waals surface area contributed by atoms with Crippen molar-refractivity contribution in [2.45, 2.75) is 38.5 Å². The van der Waals surface area contributed by atoms with Crippen molar-refractivity contribution in [3.8, 4) is 0 Å². The number of hydrogen-bond acceptors (Lipinski definition) is 0. The second-order valence-electron chi connectivity index (χ2n) is 8.68. The predicted molar refractivity (Wildman–Crippen MR) is 143 cm³/mol. The minimum atomic E-state index is 0. The summed E-state index contributed by atoms with van der Waals surface area (Å²) in [6.45, 7) is 34.9. The molecule has 0 atom stereocenters. The molecule has 198 valence electrons. The molecule has 0 spiro atoms. The van der Waals surface area contributed by atoms with Crippen LogP contribution in [0.1, 0.15) is 38.5 Å². The molecule has 3 saturated heterocycles. The van der Waals surface area contributed by atoms with Gasteiger partial charge >= 0.3 is 93.3 Å². The summed E-state index contributed by atoms with van der Waals surface area (Å²) in [5.41, 5.74) is 0. The van der Waals surface area contributed by atoms with Crippen molar-refractivity contribution in [1.82, 2.24) is 14.7 Å². The standard InChI is InChI=1S/3C9H17N2.3U/c1-2-6-10(5-1)9-11-7-3-4-8-11;1-3-10(4-2)9-11-7-5-6-8-11;1-5-10(6-2)9-11(7-3)8-4;;;/h3*9H,1-8H2;;;/q+1;-1;-3;3*+2. The molecule has 3 rings (SSSR count). The second-order valence-corrected chi connectivity index (χ2v) is 8.68. The summed E-state index contributed by atoms with van der Waals surface area (Å²) in [4.78, 5) is 6.60. The maximum absolute atomic E-state index is 3.83. The van der Waals surface area contributed by atoms with Crippen molar-refractivity contribution in [2.24, 2.45) is 0 Å². The first-order valence-corrected chi connectivity index (χ1v) is 12.8. The molecule has 3 fully saturated rings. The minimum absolute atomic E-state index is 0. The Morgan fingerprint density at radius 3 is 1.42 bits per heavy atom. The SMILES string of the molecule is C(N1CCCC1)=[N+]1CCCC1.[CH2-]CN(C=[N+](C[CH2-])C[CH2-])C[CH2-].[CH2-]CN(C=[N+]1CCCC1)C[CH2-].[U+2].[U+2].[U+2]. The summed E-state index contributed by atoms with van der Waals surface area (Å²) in [6, 6.07) is 0. The summed E-state index contributed by atoms with van der Waals surface area (Å²) in [7, 11) is 0. The quantitative estimate of drug-likeness (QED) is 0.153. The van der Waals surface area contributed by atoms with E-state index in [2.05, 4.69) is 73.2 Å². The van der Waals surface area contributed by atoms with Gasteiger partial charge in [-0.3, -0.25) is 14.1 Å². The van der Waals surface area contributed by atoms with E-state index in [0.29, 0.717) is 0 Å². The Morgan fingerprint density at radius 1 is 0.611 bits per heavy atom. The first-order valence-electron chi connectivity index (χ1n) is 12.8. The van der Waals surface area contributed by atoms with Gasteiger partial charge in [-0.1, -0.05) is 0 Å². The third-order valence-electron chi connectivity index (χ3n) is 6.13. The number of nitrogens with zero attached hydrogens (tertiary/aromatic N) is 6. The molecule has 0 aromatic carbocycles. The summed E-state index contributed by atoms with van der Waals surface area (Å²) in [6.07, 6.45) is 14.7. The molecule has 36 heavy (non-hydrogen) atoms. The summed E-state index contributed by atoms with van der Waals surface area (Å²) in [5, 5.41) is 0. The van der Waals surface area contributed by atoms with Crippen LogP contribution in [0.3, 0.4) is 0 Å².